The van der Waals surface area contributed by atoms with Gasteiger partial charge >= 0.3 is 0 Å². The lowest BCUT2D eigenvalue weighted by molar-refractivity contribution is -0.116. The number of aryl methyl sites for hydroxylation is 2. The highest BCUT2D eigenvalue weighted by molar-refractivity contribution is 7.15. The highest BCUT2D eigenvalue weighted by Crippen LogP contribution is 2.30. The normalized spacial score (nSPS) is 11.2. The molecule has 5 nitrogen and oxygen atoms in total. The maximum Gasteiger partial charge on any atom is 0.250 e. The number of benzene rings is 3. The van der Waals surface area contributed by atoms with E-state index in [1.165, 1.54) is 22.5 Å². The smallest absolute Gasteiger partial charge is 0.250 e. The van der Waals surface area contributed by atoms with E-state index < -0.39 is 5.92 Å². The molecule has 6 heteroatoms. The van der Waals surface area contributed by atoms with Gasteiger partial charge in [-0.3, -0.25) is 10.1 Å². The van der Waals surface area contributed by atoms with Crippen molar-refractivity contribution >= 4 is 28.2 Å². The Morgan fingerprint density at radius 2 is 1.59 bits per heavy atom. The van der Waals surface area contributed by atoms with Crippen LogP contribution in [-0.4, -0.2) is 20.5 Å². The van der Waals surface area contributed by atoms with Crippen LogP contribution in [0.2, 0.25) is 0 Å². The molecule has 0 atom stereocenters. The molecule has 2 heterocycles. The number of anilines is 1. The Bertz CT molecular complexity index is 1350. The lowest BCUT2D eigenvalue weighted by Gasteiger charge is -2.16. The molecule has 0 unspecified atom stereocenters. The number of aromatic nitrogens is 3. The molecule has 0 aliphatic carbocycles. The molecule has 5 aromatic rings. The van der Waals surface area contributed by atoms with E-state index in [1.807, 2.05) is 60.7 Å². The van der Waals surface area contributed by atoms with Crippen molar-refractivity contribution in [1.82, 2.24) is 14.6 Å². The van der Waals surface area contributed by atoms with Crippen LogP contribution in [0.1, 0.15) is 28.2 Å². The van der Waals surface area contributed by atoms with Crippen LogP contribution in [0.3, 0.4) is 0 Å². The molecule has 0 saturated heterocycles. The first-order chi connectivity index (χ1) is 15.6. The molecule has 0 aliphatic heterocycles. The summed E-state index contributed by atoms with van der Waals surface area (Å²) in [5, 5.41) is 9.60. The van der Waals surface area contributed by atoms with Gasteiger partial charge in [0.25, 0.3) is 0 Å². The van der Waals surface area contributed by atoms with Gasteiger partial charge in [-0.25, -0.2) is 4.52 Å². The van der Waals surface area contributed by atoms with Crippen LogP contribution in [0.5, 0.6) is 0 Å². The van der Waals surface area contributed by atoms with Gasteiger partial charge in [0.15, 0.2) is 0 Å². The van der Waals surface area contributed by atoms with Crippen LogP contribution < -0.4 is 5.32 Å². The number of carbonyl (C=O) groups excluding carboxylic acids is 1. The predicted octanol–water partition coefficient (Wildman–Crippen LogP) is 5.85. The predicted molar refractivity (Wildman–Crippen MR) is 129 cm³/mol. The molecule has 0 bridgehead atoms. The highest BCUT2D eigenvalue weighted by atomic mass is 32.1. The van der Waals surface area contributed by atoms with E-state index in [0.29, 0.717) is 5.95 Å². The summed E-state index contributed by atoms with van der Waals surface area (Å²) in [7, 11) is 0. The average Bonchev–Trinajstić information content (AvgIpc) is 3.36. The van der Waals surface area contributed by atoms with Crippen molar-refractivity contribution in [3.63, 3.8) is 0 Å². The SMILES string of the molecule is Cc1ccc(-c2csc3nc(NC(=O)C(c4ccccc4)c4ccccc4)nn23)c(C)c1. The Labute approximate surface area is 190 Å². The van der Waals surface area contributed by atoms with Gasteiger partial charge < -0.3 is 0 Å². The monoisotopic (exact) mass is 438 g/mol. The van der Waals surface area contributed by atoms with Crippen molar-refractivity contribution in [3.8, 4) is 11.3 Å². The number of rotatable bonds is 5. The van der Waals surface area contributed by atoms with E-state index in [4.69, 9.17) is 0 Å². The average molecular weight is 439 g/mol. The number of hydrogen-bond donors (Lipinski definition) is 1. The van der Waals surface area contributed by atoms with Gasteiger partial charge in [-0.2, -0.15) is 4.98 Å². The summed E-state index contributed by atoms with van der Waals surface area (Å²) in [5.74, 6) is -0.295. The standard InChI is InChI=1S/C26H22N4OS/c1-17-13-14-21(18(2)15-17)22-16-32-26-28-25(29-30(22)26)27-24(31)23(19-9-5-3-6-10-19)20-11-7-4-8-12-20/h3-16,23H,1-2H3,(H,27,29,31). The summed E-state index contributed by atoms with van der Waals surface area (Å²) in [5.41, 5.74) is 6.33. The Balaban J connectivity index is 1.48. The fraction of sp³-hybridized carbons (Fsp3) is 0.115. The molecule has 32 heavy (non-hydrogen) atoms. The van der Waals surface area contributed by atoms with Gasteiger partial charge in [-0.15, -0.1) is 16.4 Å². The third kappa shape index (κ3) is 3.81. The van der Waals surface area contributed by atoms with E-state index in [-0.39, 0.29) is 5.91 Å². The fourth-order valence-corrected chi connectivity index (χ4v) is 4.81. The van der Waals surface area contributed by atoms with Gasteiger partial charge in [0.05, 0.1) is 11.6 Å². The Hall–Kier alpha value is -3.77. The first kappa shape index (κ1) is 20.2. The number of nitrogens with one attached hydrogen (secondary N) is 1. The molecular weight excluding hydrogens is 416 g/mol. The number of nitrogens with zero attached hydrogens (tertiary/aromatic N) is 3. The minimum atomic E-state index is -0.447. The van der Waals surface area contributed by atoms with Gasteiger partial charge in [-0.1, -0.05) is 84.4 Å². The summed E-state index contributed by atoms with van der Waals surface area (Å²) in [6, 6.07) is 25.9. The molecule has 0 radical (unpaired) electrons. The third-order valence-corrected chi connectivity index (χ3v) is 6.32. The molecule has 2 aromatic heterocycles. The topological polar surface area (TPSA) is 59.3 Å². The van der Waals surface area contributed by atoms with Crippen LogP contribution in [0.25, 0.3) is 16.2 Å². The molecule has 5 rings (SSSR count). The summed E-state index contributed by atoms with van der Waals surface area (Å²) in [6.07, 6.45) is 0. The van der Waals surface area contributed by atoms with E-state index in [2.05, 4.69) is 52.8 Å². The Morgan fingerprint density at radius 1 is 0.938 bits per heavy atom. The second kappa shape index (κ2) is 8.40. The molecule has 0 saturated carbocycles. The zero-order chi connectivity index (χ0) is 22.1. The molecular formula is C26H22N4OS. The number of fused-ring (bicyclic) bond motifs is 1. The second-order valence-corrected chi connectivity index (χ2v) is 8.65. The zero-order valence-corrected chi connectivity index (χ0v) is 18.6. The van der Waals surface area contributed by atoms with Crippen molar-refractivity contribution in [2.45, 2.75) is 19.8 Å². The maximum atomic E-state index is 13.4. The van der Waals surface area contributed by atoms with Crippen molar-refractivity contribution in [1.29, 1.82) is 0 Å². The van der Waals surface area contributed by atoms with Crippen molar-refractivity contribution in [2.24, 2.45) is 0 Å². The second-order valence-electron chi connectivity index (χ2n) is 7.81. The number of carbonyl (C=O) groups is 1. The summed E-state index contributed by atoms with van der Waals surface area (Å²) in [4.78, 5) is 18.7. The van der Waals surface area contributed by atoms with Crippen LogP contribution in [0, 0.1) is 13.8 Å². The van der Waals surface area contributed by atoms with Crippen molar-refractivity contribution < 1.29 is 4.79 Å². The van der Waals surface area contributed by atoms with Crippen LogP contribution in [0.4, 0.5) is 5.95 Å². The van der Waals surface area contributed by atoms with E-state index in [9.17, 15) is 4.79 Å². The van der Waals surface area contributed by atoms with Crippen LogP contribution in [0.15, 0.2) is 84.2 Å². The summed E-state index contributed by atoms with van der Waals surface area (Å²) in [6.45, 7) is 4.18. The van der Waals surface area contributed by atoms with E-state index in [1.54, 1.807) is 4.52 Å². The van der Waals surface area contributed by atoms with Gasteiger partial charge in [0, 0.05) is 10.9 Å². The molecule has 158 valence electrons. The minimum absolute atomic E-state index is 0.159. The third-order valence-electron chi connectivity index (χ3n) is 5.50. The molecule has 0 aliphatic rings. The van der Waals surface area contributed by atoms with Crippen LogP contribution in [-0.2, 0) is 4.79 Å². The first-order valence-corrected chi connectivity index (χ1v) is 11.3. The van der Waals surface area contributed by atoms with Gasteiger partial charge in [0.2, 0.25) is 16.8 Å². The zero-order valence-electron chi connectivity index (χ0n) is 17.8. The minimum Gasteiger partial charge on any atom is -0.292 e. The molecule has 1 amide bonds. The van der Waals surface area contributed by atoms with Gasteiger partial charge in [0.1, 0.15) is 0 Å². The molecule has 0 spiro atoms. The molecule has 1 N–H and O–H groups in total. The fourth-order valence-electron chi connectivity index (χ4n) is 3.99. The lowest BCUT2D eigenvalue weighted by Crippen LogP contribution is -2.23. The Morgan fingerprint density at radius 3 is 2.22 bits per heavy atom. The summed E-state index contributed by atoms with van der Waals surface area (Å²) < 4.78 is 1.80. The van der Waals surface area contributed by atoms with E-state index in [0.717, 1.165) is 27.3 Å². The lowest BCUT2D eigenvalue weighted by atomic mass is 9.90. The van der Waals surface area contributed by atoms with Crippen LogP contribution >= 0.6 is 11.3 Å². The largest absolute Gasteiger partial charge is 0.292 e. The number of amides is 1. The summed E-state index contributed by atoms with van der Waals surface area (Å²) >= 11 is 1.51. The quantitative estimate of drug-likeness (QED) is 0.375. The van der Waals surface area contributed by atoms with Crippen molar-refractivity contribution in [3.05, 3.63) is 106 Å². The van der Waals surface area contributed by atoms with E-state index >= 15 is 0 Å². The van der Waals surface area contributed by atoms with Gasteiger partial charge in [-0.05, 0) is 30.5 Å². The Kier molecular flexibility index (Phi) is 5.29. The molecule has 0 fully saturated rings. The highest BCUT2D eigenvalue weighted by Gasteiger charge is 2.24. The van der Waals surface area contributed by atoms with Crippen molar-refractivity contribution in [2.75, 3.05) is 5.32 Å². The first-order valence-electron chi connectivity index (χ1n) is 10.4. The number of hydrogen-bond acceptors (Lipinski definition) is 4. The molecule has 3 aromatic carbocycles. The maximum absolute atomic E-state index is 13.4. The number of thiazole rings is 1.